The van der Waals surface area contributed by atoms with E-state index >= 15 is 0 Å². The number of alkyl carbamates (subject to hydrolysis) is 1. The number of hydrogen-bond donors (Lipinski definition) is 2. The van der Waals surface area contributed by atoms with Crippen LogP contribution in [0.2, 0.25) is 0 Å². The van der Waals surface area contributed by atoms with Crippen LogP contribution < -0.4 is 5.32 Å². The van der Waals surface area contributed by atoms with E-state index in [2.05, 4.69) is 5.32 Å². The number of nitrogens with one attached hydrogen (secondary N) is 1. The maximum Gasteiger partial charge on any atom is 0.407 e. The van der Waals surface area contributed by atoms with Gasteiger partial charge in [-0.25, -0.2) is 13.6 Å². The van der Waals surface area contributed by atoms with Crippen molar-refractivity contribution in [2.45, 2.75) is 58.0 Å². The predicted octanol–water partition coefficient (Wildman–Crippen LogP) is 3.93. The second-order valence-electron chi connectivity index (χ2n) is 9.64. The van der Waals surface area contributed by atoms with E-state index in [1.165, 1.54) is 24.3 Å². The number of ether oxygens (including phenoxy) is 3. The SMILES string of the molecule is C[C@@H]1O[C@H](COC(=O)C(C)(C)C)C(O)C1NC(=O)OCC(c1ccc(F)cc1)c1ccc(F)cc1. The molecule has 0 radical (unpaired) electrons. The van der Waals surface area contributed by atoms with Crippen LogP contribution in [-0.2, 0) is 19.0 Å². The summed E-state index contributed by atoms with van der Waals surface area (Å²) in [5.74, 6) is -1.70. The molecule has 1 amide bonds. The molecular weight excluding hydrogens is 460 g/mol. The van der Waals surface area contributed by atoms with Crippen LogP contribution in [0.25, 0.3) is 0 Å². The van der Waals surface area contributed by atoms with Crippen molar-refractivity contribution >= 4 is 12.1 Å². The van der Waals surface area contributed by atoms with Gasteiger partial charge >= 0.3 is 12.1 Å². The lowest BCUT2D eigenvalue weighted by Crippen LogP contribution is -2.48. The van der Waals surface area contributed by atoms with Crippen molar-refractivity contribution in [3.05, 3.63) is 71.3 Å². The Labute approximate surface area is 203 Å². The lowest BCUT2D eigenvalue weighted by molar-refractivity contribution is -0.158. The average molecular weight is 492 g/mol. The molecule has 1 saturated heterocycles. The van der Waals surface area contributed by atoms with Gasteiger partial charge in [-0.1, -0.05) is 24.3 Å². The Bertz CT molecular complexity index is 960. The van der Waals surface area contributed by atoms with Crippen molar-refractivity contribution in [1.82, 2.24) is 5.32 Å². The number of rotatable bonds is 7. The van der Waals surface area contributed by atoms with E-state index in [0.29, 0.717) is 11.1 Å². The summed E-state index contributed by atoms with van der Waals surface area (Å²) in [6, 6.07) is 10.7. The predicted molar refractivity (Wildman–Crippen MR) is 124 cm³/mol. The number of hydrogen-bond acceptors (Lipinski definition) is 6. The molecule has 2 N–H and O–H groups in total. The average Bonchev–Trinajstić information content (AvgIpc) is 3.06. The highest BCUT2D eigenvalue weighted by atomic mass is 19.1. The maximum atomic E-state index is 13.4. The third kappa shape index (κ3) is 6.99. The van der Waals surface area contributed by atoms with Crippen LogP contribution in [-0.4, -0.2) is 54.7 Å². The van der Waals surface area contributed by atoms with Crippen molar-refractivity contribution in [1.29, 1.82) is 0 Å². The summed E-state index contributed by atoms with van der Waals surface area (Å²) >= 11 is 0. The molecule has 1 heterocycles. The summed E-state index contributed by atoms with van der Waals surface area (Å²) in [4.78, 5) is 24.6. The molecule has 1 aliphatic heterocycles. The van der Waals surface area contributed by atoms with E-state index in [-0.39, 0.29) is 13.2 Å². The first kappa shape index (κ1) is 26.6. The summed E-state index contributed by atoms with van der Waals surface area (Å²) < 4.78 is 43.1. The summed E-state index contributed by atoms with van der Waals surface area (Å²) in [7, 11) is 0. The maximum absolute atomic E-state index is 13.4. The molecule has 0 bridgehead atoms. The molecule has 9 heteroatoms. The molecule has 1 fully saturated rings. The Kier molecular flexibility index (Phi) is 8.45. The van der Waals surface area contributed by atoms with Gasteiger partial charge < -0.3 is 24.6 Å². The van der Waals surface area contributed by atoms with E-state index in [0.717, 1.165) is 0 Å². The first-order chi connectivity index (χ1) is 16.5. The number of aliphatic hydroxyl groups is 1. The highest BCUT2D eigenvalue weighted by molar-refractivity contribution is 5.75. The van der Waals surface area contributed by atoms with E-state index in [9.17, 15) is 23.5 Å². The Morgan fingerprint density at radius 1 is 1.00 bits per heavy atom. The summed E-state index contributed by atoms with van der Waals surface area (Å²) in [5, 5.41) is 13.2. The quantitative estimate of drug-likeness (QED) is 0.570. The number of amides is 1. The first-order valence-electron chi connectivity index (χ1n) is 11.4. The van der Waals surface area contributed by atoms with Crippen molar-refractivity contribution in [2.75, 3.05) is 13.2 Å². The lowest BCUT2D eigenvalue weighted by Gasteiger charge is -2.22. The van der Waals surface area contributed by atoms with Gasteiger partial charge in [-0.2, -0.15) is 0 Å². The molecule has 0 aromatic heterocycles. The fourth-order valence-electron chi connectivity index (χ4n) is 3.78. The monoisotopic (exact) mass is 491 g/mol. The fourth-order valence-corrected chi connectivity index (χ4v) is 3.78. The molecule has 7 nitrogen and oxygen atoms in total. The molecule has 190 valence electrons. The zero-order valence-corrected chi connectivity index (χ0v) is 20.2. The standard InChI is InChI=1S/C26H31F2NO6/c1-15-22(23(30)21(35-15)14-33-24(31)26(2,3)4)29-25(32)34-13-20(16-5-9-18(27)10-6-16)17-7-11-19(28)12-8-17/h5-12,15,20-23,30H,13-14H2,1-4H3,(H,29,32)/t15-,21+,22?,23?/m0/s1. The molecule has 0 saturated carbocycles. The Morgan fingerprint density at radius 2 is 1.51 bits per heavy atom. The van der Waals surface area contributed by atoms with Crippen LogP contribution in [0.5, 0.6) is 0 Å². The molecule has 4 atom stereocenters. The van der Waals surface area contributed by atoms with Crippen LogP contribution >= 0.6 is 0 Å². The number of esters is 1. The molecule has 35 heavy (non-hydrogen) atoms. The smallest absolute Gasteiger partial charge is 0.407 e. The number of carbonyl (C=O) groups excluding carboxylic acids is 2. The Balaban J connectivity index is 1.61. The Hall–Kier alpha value is -3.04. The van der Waals surface area contributed by atoms with Gasteiger partial charge in [0.2, 0.25) is 0 Å². The van der Waals surface area contributed by atoms with Gasteiger partial charge in [0, 0.05) is 5.92 Å². The highest BCUT2D eigenvalue weighted by Gasteiger charge is 2.43. The van der Waals surface area contributed by atoms with E-state index in [4.69, 9.17) is 14.2 Å². The van der Waals surface area contributed by atoms with E-state index in [1.807, 2.05) is 0 Å². The normalized spacial score (nSPS) is 22.2. The van der Waals surface area contributed by atoms with Crippen molar-refractivity contribution in [2.24, 2.45) is 5.41 Å². The molecule has 0 aliphatic carbocycles. The van der Waals surface area contributed by atoms with Gasteiger partial charge in [-0.3, -0.25) is 4.79 Å². The van der Waals surface area contributed by atoms with Crippen molar-refractivity contribution < 1.29 is 37.7 Å². The fraction of sp³-hybridized carbons (Fsp3) is 0.462. The number of benzene rings is 2. The van der Waals surface area contributed by atoms with Gasteiger partial charge in [-0.05, 0) is 63.1 Å². The molecular formula is C26H31F2NO6. The lowest BCUT2D eigenvalue weighted by atomic mass is 9.92. The van der Waals surface area contributed by atoms with Crippen LogP contribution in [0.3, 0.4) is 0 Å². The van der Waals surface area contributed by atoms with Gasteiger partial charge in [0.15, 0.2) is 0 Å². The van der Waals surface area contributed by atoms with Crippen LogP contribution in [0, 0.1) is 17.0 Å². The zero-order valence-electron chi connectivity index (χ0n) is 20.2. The number of carbonyl (C=O) groups is 2. The van der Waals surface area contributed by atoms with Crippen molar-refractivity contribution in [3.8, 4) is 0 Å². The van der Waals surface area contributed by atoms with Crippen molar-refractivity contribution in [3.63, 3.8) is 0 Å². The van der Waals surface area contributed by atoms with Gasteiger partial charge in [0.1, 0.15) is 37.1 Å². The highest BCUT2D eigenvalue weighted by Crippen LogP contribution is 2.27. The molecule has 1 aliphatic rings. The van der Waals surface area contributed by atoms with Crippen LogP contribution in [0.15, 0.2) is 48.5 Å². The first-order valence-corrected chi connectivity index (χ1v) is 11.4. The minimum Gasteiger partial charge on any atom is -0.462 e. The van der Waals surface area contributed by atoms with Gasteiger partial charge in [0.25, 0.3) is 0 Å². The van der Waals surface area contributed by atoms with E-state index in [1.54, 1.807) is 52.0 Å². The minimum atomic E-state index is -1.12. The molecule has 2 aromatic rings. The molecule has 0 spiro atoms. The second kappa shape index (κ2) is 11.1. The topological polar surface area (TPSA) is 94.1 Å². The third-order valence-electron chi connectivity index (χ3n) is 5.85. The number of aliphatic hydroxyl groups excluding tert-OH is 1. The summed E-state index contributed by atoms with van der Waals surface area (Å²) in [5.41, 5.74) is 0.677. The summed E-state index contributed by atoms with van der Waals surface area (Å²) in [6.45, 7) is 6.58. The Morgan fingerprint density at radius 3 is 2.00 bits per heavy atom. The van der Waals surface area contributed by atoms with Crippen LogP contribution in [0.1, 0.15) is 44.7 Å². The largest absolute Gasteiger partial charge is 0.462 e. The summed E-state index contributed by atoms with van der Waals surface area (Å²) in [6.07, 6.45) is -3.25. The molecule has 2 unspecified atom stereocenters. The minimum absolute atomic E-state index is 0.103. The molecule has 3 rings (SSSR count). The number of halogens is 2. The van der Waals surface area contributed by atoms with Crippen LogP contribution in [0.4, 0.5) is 13.6 Å². The second-order valence-corrected chi connectivity index (χ2v) is 9.64. The van der Waals surface area contributed by atoms with E-state index < -0.39 is 59.4 Å². The van der Waals surface area contributed by atoms with Gasteiger partial charge in [-0.15, -0.1) is 0 Å². The zero-order chi connectivity index (χ0) is 25.8. The van der Waals surface area contributed by atoms with Gasteiger partial charge in [0.05, 0.1) is 17.6 Å². The third-order valence-corrected chi connectivity index (χ3v) is 5.85. The molecule has 2 aromatic carbocycles.